The highest BCUT2D eigenvalue weighted by molar-refractivity contribution is 5.92. The van der Waals surface area contributed by atoms with Crippen LogP contribution in [0.4, 0.5) is 11.4 Å². The van der Waals surface area contributed by atoms with Crippen LogP contribution in [-0.2, 0) is 61.5 Å². The number of rotatable bonds is 18. The minimum atomic E-state index is -0.244. The Balaban J connectivity index is 1.00. The SMILES string of the molecule is CC(C)CCc1cn(CCc2cn(CC(=O)Nc3ccc(NC(=O)Cn4cc(CCn5cc(CCC(C)C)nn5)nn4)cc3)nn2)nn1. The Hall–Kier alpha value is -5.28. The smallest absolute Gasteiger partial charge is 0.246 e. The van der Waals surface area contributed by atoms with Gasteiger partial charge in [-0.25, -0.2) is 9.36 Å². The van der Waals surface area contributed by atoms with E-state index in [4.69, 9.17) is 0 Å². The van der Waals surface area contributed by atoms with Gasteiger partial charge in [-0.15, -0.1) is 20.4 Å². The molecule has 0 bridgehead atoms. The normalized spacial score (nSPS) is 11.5. The van der Waals surface area contributed by atoms with Crippen molar-refractivity contribution in [1.29, 1.82) is 0 Å². The maximum atomic E-state index is 12.6. The molecule has 1 aromatic carbocycles. The third-order valence-corrected chi connectivity index (χ3v) is 7.56. The van der Waals surface area contributed by atoms with Crippen molar-refractivity contribution < 1.29 is 9.59 Å². The Morgan fingerprint density at radius 3 is 1.25 bits per heavy atom. The van der Waals surface area contributed by atoms with E-state index < -0.39 is 0 Å². The molecule has 0 fully saturated rings. The van der Waals surface area contributed by atoms with Crippen LogP contribution in [0.2, 0.25) is 0 Å². The number of aryl methyl sites for hydroxylation is 6. The number of benzene rings is 1. The van der Waals surface area contributed by atoms with Crippen LogP contribution in [0.5, 0.6) is 0 Å². The van der Waals surface area contributed by atoms with E-state index >= 15 is 0 Å². The summed E-state index contributed by atoms with van der Waals surface area (Å²) in [4.78, 5) is 25.2. The Kier molecular flexibility index (Phi) is 11.7. The van der Waals surface area contributed by atoms with E-state index in [1.54, 1.807) is 36.7 Å². The van der Waals surface area contributed by atoms with Gasteiger partial charge in [-0.2, -0.15) is 0 Å². The summed E-state index contributed by atoms with van der Waals surface area (Å²) >= 11 is 0. The Labute approximate surface area is 279 Å². The number of hydrogen-bond acceptors (Lipinski definition) is 10. The average molecular weight is 657 g/mol. The summed E-state index contributed by atoms with van der Waals surface area (Å²) < 4.78 is 6.63. The van der Waals surface area contributed by atoms with Crippen molar-refractivity contribution in [1.82, 2.24) is 60.0 Å². The molecule has 254 valence electrons. The van der Waals surface area contributed by atoms with E-state index in [9.17, 15) is 9.59 Å². The zero-order valence-corrected chi connectivity index (χ0v) is 28.0. The van der Waals surface area contributed by atoms with Crippen LogP contribution in [0.25, 0.3) is 0 Å². The summed E-state index contributed by atoms with van der Waals surface area (Å²) in [5.41, 5.74) is 4.70. The highest BCUT2D eigenvalue weighted by atomic mass is 16.2. The van der Waals surface area contributed by atoms with E-state index in [0.29, 0.717) is 49.1 Å². The summed E-state index contributed by atoms with van der Waals surface area (Å²) in [6.07, 6.45) is 12.7. The van der Waals surface area contributed by atoms with E-state index in [1.165, 1.54) is 9.36 Å². The first-order valence-corrected chi connectivity index (χ1v) is 16.4. The minimum absolute atomic E-state index is 0.0201. The van der Waals surface area contributed by atoms with Crippen molar-refractivity contribution in [2.24, 2.45) is 11.8 Å². The number of nitrogens with zero attached hydrogens (tertiary/aromatic N) is 12. The maximum Gasteiger partial charge on any atom is 0.246 e. The number of aromatic nitrogens is 12. The highest BCUT2D eigenvalue weighted by Crippen LogP contribution is 2.14. The maximum absolute atomic E-state index is 12.6. The van der Waals surface area contributed by atoms with Crippen LogP contribution in [0.15, 0.2) is 49.1 Å². The molecule has 16 nitrogen and oxygen atoms in total. The second-order valence-corrected chi connectivity index (χ2v) is 12.8. The second kappa shape index (κ2) is 16.5. The monoisotopic (exact) mass is 656 g/mol. The van der Waals surface area contributed by atoms with Gasteiger partial charge in [-0.05, 0) is 61.8 Å². The number of anilines is 2. The van der Waals surface area contributed by atoms with Crippen LogP contribution >= 0.6 is 0 Å². The third-order valence-electron chi connectivity index (χ3n) is 7.56. The van der Waals surface area contributed by atoms with Crippen molar-refractivity contribution in [2.45, 2.75) is 92.4 Å². The largest absolute Gasteiger partial charge is 0.324 e. The van der Waals surface area contributed by atoms with E-state index in [1.807, 2.05) is 21.8 Å². The quantitative estimate of drug-likeness (QED) is 0.142. The molecule has 0 saturated carbocycles. The molecule has 0 unspecified atom stereocenters. The van der Waals surface area contributed by atoms with E-state index in [-0.39, 0.29) is 24.9 Å². The molecule has 5 aromatic rings. The molecule has 16 heteroatoms. The second-order valence-electron chi connectivity index (χ2n) is 12.8. The van der Waals surface area contributed by atoms with Gasteiger partial charge in [-0.1, -0.05) is 48.5 Å². The van der Waals surface area contributed by atoms with Crippen molar-refractivity contribution in [3.63, 3.8) is 0 Å². The molecule has 2 amide bonds. The van der Waals surface area contributed by atoms with Crippen LogP contribution in [0.3, 0.4) is 0 Å². The molecular weight excluding hydrogens is 612 g/mol. The molecule has 0 radical (unpaired) electrons. The van der Waals surface area contributed by atoms with Crippen molar-refractivity contribution >= 4 is 23.2 Å². The average Bonchev–Trinajstić information content (AvgIpc) is 3.86. The third kappa shape index (κ3) is 10.9. The highest BCUT2D eigenvalue weighted by Gasteiger charge is 2.11. The molecule has 0 aliphatic carbocycles. The fraction of sp³-hybridized carbons (Fsp3) is 0.500. The zero-order chi connectivity index (χ0) is 33.9. The van der Waals surface area contributed by atoms with Gasteiger partial charge >= 0.3 is 0 Å². The predicted octanol–water partition coefficient (Wildman–Crippen LogP) is 2.99. The molecule has 5 rings (SSSR count). The predicted molar refractivity (Wildman–Crippen MR) is 178 cm³/mol. The number of hydrogen-bond donors (Lipinski definition) is 2. The van der Waals surface area contributed by atoms with Gasteiger partial charge in [0.05, 0.1) is 22.8 Å². The van der Waals surface area contributed by atoms with Crippen LogP contribution in [-0.4, -0.2) is 71.8 Å². The molecule has 0 saturated heterocycles. The van der Waals surface area contributed by atoms with Crippen molar-refractivity contribution in [2.75, 3.05) is 10.6 Å². The number of amides is 2. The summed E-state index contributed by atoms with van der Waals surface area (Å²) in [5.74, 6) is 0.758. The first-order valence-electron chi connectivity index (χ1n) is 16.4. The number of carbonyl (C=O) groups is 2. The standard InChI is InChI=1S/C32H44N14O2/c1-23(2)5-7-27-17-43(39-35-27)15-13-29-19-45(41-37-29)21-31(47)33-25-9-11-26(12-10-25)34-32(48)22-46-20-30(38-42-46)14-16-44-18-28(36-40-44)8-6-24(3)4/h9-12,17-20,23-24H,5-8,13-16,21-22H2,1-4H3,(H,33,47)(H,34,48). The molecule has 48 heavy (non-hydrogen) atoms. The molecule has 4 aromatic heterocycles. The topological polar surface area (TPSA) is 181 Å². The van der Waals surface area contributed by atoms with Gasteiger partial charge in [0.15, 0.2) is 0 Å². The van der Waals surface area contributed by atoms with E-state index in [0.717, 1.165) is 48.5 Å². The molecule has 0 aliphatic rings. The summed E-state index contributed by atoms with van der Waals surface area (Å²) in [6, 6.07) is 6.89. The summed E-state index contributed by atoms with van der Waals surface area (Å²) in [5, 5.41) is 39.0. The molecule has 4 heterocycles. The molecule has 2 N–H and O–H groups in total. The summed E-state index contributed by atoms with van der Waals surface area (Å²) in [7, 11) is 0. The Morgan fingerprint density at radius 1 is 0.542 bits per heavy atom. The lowest BCUT2D eigenvalue weighted by atomic mass is 10.1. The van der Waals surface area contributed by atoms with Crippen LogP contribution in [0.1, 0.15) is 63.3 Å². The fourth-order valence-corrected chi connectivity index (χ4v) is 4.85. The summed E-state index contributed by atoms with van der Waals surface area (Å²) in [6.45, 7) is 10.1. The van der Waals surface area contributed by atoms with Gasteiger partial charge in [0.25, 0.3) is 0 Å². The van der Waals surface area contributed by atoms with Crippen molar-refractivity contribution in [3.8, 4) is 0 Å². The fourth-order valence-electron chi connectivity index (χ4n) is 4.85. The zero-order valence-electron chi connectivity index (χ0n) is 28.0. The van der Waals surface area contributed by atoms with Gasteiger partial charge in [-0.3, -0.25) is 19.0 Å². The molecular formula is C32H44N14O2. The minimum Gasteiger partial charge on any atom is -0.324 e. The Bertz CT molecular complexity index is 1620. The lowest BCUT2D eigenvalue weighted by molar-refractivity contribution is -0.117. The first kappa shape index (κ1) is 34.1. The van der Waals surface area contributed by atoms with Crippen molar-refractivity contribution in [3.05, 3.63) is 71.8 Å². The van der Waals surface area contributed by atoms with Gasteiger partial charge < -0.3 is 10.6 Å². The van der Waals surface area contributed by atoms with Gasteiger partial charge in [0.2, 0.25) is 11.8 Å². The van der Waals surface area contributed by atoms with Crippen LogP contribution in [0, 0.1) is 11.8 Å². The number of nitrogens with one attached hydrogen (secondary N) is 2. The Morgan fingerprint density at radius 2 is 0.875 bits per heavy atom. The lowest BCUT2D eigenvalue weighted by Crippen LogP contribution is -2.20. The van der Waals surface area contributed by atoms with Gasteiger partial charge in [0.1, 0.15) is 13.1 Å². The molecule has 0 spiro atoms. The van der Waals surface area contributed by atoms with Crippen LogP contribution < -0.4 is 10.6 Å². The van der Waals surface area contributed by atoms with E-state index in [2.05, 4.69) is 79.6 Å². The first-order chi connectivity index (χ1) is 23.2. The van der Waals surface area contributed by atoms with Gasteiger partial charge in [0, 0.05) is 62.1 Å². The molecule has 0 aliphatic heterocycles. The molecule has 0 atom stereocenters. The lowest BCUT2D eigenvalue weighted by Gasteiger charge is -2.08. The number of carbonyl (C=O) groups excluding carboxylic acids is 2.